The molecule has 0 amide bonds. The van der Waals surface area contributed by atoms with Crippen molar-refractivity contribution >= 4 is 17.9 Å². The SMILES string of the molecule is Cc1cc2[nH]c(=S)[nH]c(=O)n2n1. The highest BCUT2D eigenvalue weighted by Gasteiger charge is 1.99. The van der Waals surface area contributed by atoms with Gasteiger partial charge in [0.25, 0.3) is 0 Å². The van der Waals surface area contributed by atoms with E-state index < -0.39 is 0 Å². The predicted octanol–water partition coefficient (Wildman–Crippen LogP) is 0.389. The lowest BCUT2D eigenvalue weighted by atomic mass is 10.5. The zero-order valence-corrected chi connectivity index (χ0v) is 7.10. The van der Waals surface area contributed by atoms with E-state index in [2.05, 4.69) is 15.1 Å². The minimum atomic E-state index is -0.318. The van der Waals surface area contributed by atoms with Gasteiger partial charge in [-0.05, 0) is 19.1 Å². The van der Waals surface area contributed by atoms with Crippen LogP contribution in [0.25, 0.3) is 5.65 Å². The number of H-pyrrole nitrogens is 2. The molecule has 0 aliphatic carbocycles. The van der Waals surface area contributed by atoms with Gasteiger partial charge < -0.3 is 4.98 Å². The monoisotopic (exact) mass is 182 g/mol. The van der Waals surface area contributed by atoms with Crippen molar-refractivity contribution in [2.75, 3.05) is 0 Å². The minimum absolute atomic E-state index is 0.312. The first-order valence-electron chi connectivity index (χ1n) is 3.36. The summed E-state index contributed by atoms with van der Waals surface area (Å²) in [5.41, 5.74) is 1.07. The van der Waals surface area contributed by atoms with Crippen molar-refractivity contribution in [3.05, 3.63) is 27.0 Å². The smallest absolute Gasteiger partial charge is 0.317 e. The molecule has 0 radical (unpaired) electrons. The molecule has 62 valence electrons. The maximum Gasteiger partial charge on any atom is 0.350 e. The summed E-state index contributed by atoms with van der Waals surface area (Å²) in [5.74, 6) is 0. The second-order valence-electron chi connectivity index (χ2n) is 2.47. The van der Waals surface area contributed by atoms with Crippen LogP contribution in [0.15, 0.2) is 10.9 Å². The van der Waals surface area contributed by atoms with E-state index in [1.54, 1.807) is 6.07 Å². The van der Waals surface area contributed by atoms with E-state index in [9.17, 15) is 4.79 Å². The summed E-state index contributed by atoms with van der Waals surface area (Å²) < 4.78 is 1.55. The Bertz CT molecular complexity index is 534. The van der Waals surface area contributed by atoms with Crippen LogP contribution in [-0.2, 0) is 0 Å². The molecule has 12 heavy (non-hydrogen) atoms. The Balaban J connectivity index is 3.08. The maximum atomic E-state index is 11.2. The highest BCUT2D eigenvalue weighted by molar-refractivity contribution is 7.71. The summed E-state index contributed by atoms with van der Waals surface area (Å²) in [4.78, 5) is 16.4. The third-order valence-electron chi connectivity index (χ3n) is 1.49. The van der Waals surface area contributed by atoms with Crippen LogP contribution < -0.4 is 5.69 Å². The number of rotatable bonds is 0. The van der Waals surface area contributed by atoms with Gasteiger partial charge in [-0.1, -0.05) is 0 Å². The highest BCUT2D eigenvalue weighted by Crippen LogP contribution is 1.96. The van der Waals surface area contributed by atoms with Crippen LogP contribution in [0.4, 0.5) is 0 Å². The summed E-state index contributed by atoms with van der Waals surface area (Å²) in [6.07, 6.45) is 0. The van der Waals surface area contributed by atoms with E-state index in [0.717, 1.165) is 5.69 Å². The first-order chi connectivity index (χ1) is 5.66. The molecular formula is C6H6N4OS. The van der Waals surface area contributed by atoms with Gasteiger partial charge in [-0.3, -0.25) is 4.98 Å². The quantitative estimate of drug-likeness (QED) is 0.579. The zero-order chi connectivity index (χ0) is 8.72. The van der Waals surface area contributed by atoms with Crippen molar-refractivity contribution in [3.8, 4) is 0 Å². The standard InChI is InChI=1S/C6H6N4OS/c1-3-2-4-7-5(12)8-6(11)10(4)9-3/h2H,1H3,(H2,7,8,11,12). The summed E-state index contributed by atoms with van der Waals surface area (Å²) in [5, 5.41) is 3.95. The van der Waals surface area contributed by atoms with Gasteiger partial charge in [0.15, 0.2) is 4.77 Å². The average Bonchev–Trinajstić information content (AvgIpc) is 2.29. The molecule has 5 nitrogen and oxygen atoms in total. The van der Waals surface area contributed by atoms with Crippen molar-refractivity contribution in [2.45, 2.75) is 6.92 Å². The highest BCUT2D eigenvalue weighted by atomic mass is 32.1. The van der Waals surface area contributed by atoms with Crippen molar-refractivity contribution in [2.24, 2.45) is 0 Å². The molecule has 0 aliphatic heterocycles. The fraction of sp³-hybridized carbons (Fsp3) is 0.167. The second-order valence-corrected chi connectivity index (χ2v) is 2.88. The number of aromatic amines is 2. The first-order valence-corrected chi connectivity index (χ1v) is 3.76. The van der Waals surface area contributed by atoms with Crippen molar-refractivity contribution in [1.29, 1.82) is 0 Å². The van der Waals surface area contributed by atoms with E-state index in [0.29, 0.717) is 10.4 Å². The second kappa shape index (κ2) is 2.28. The fourth-order valence-electron chi connectivity index (χ4n) is 1.04. The zero-order valence-electron chi connectivity index (χ0n) is 6.29. The fourth-order valence-corrected chi connectivity index (χ4v) is 1.23. The van der Waals surface area contributed by atoms with Crippen molar-refractivity contribution in [1.82, 2.24) is 19.6 Å². The normalized spacial score (nSPS) is 10.8. The van der Waals surface area contributed by atoms with Crippen LogP contribution in [0, 0.1) is 11.7 Å². The lowest BCUT2D eigenvalue weighted by molar-refractivity contribution is 0.822. The molecule has 0 bridgehead atoms. The van der Waals surface area contributed by atoms with Crippen LogP contribution in [-0.4, -0.2) is 19.6 Å². The summed E-state index contributed by atoms with van der Waals surface area (Å²) in [6, 6.07) is 1.76. The Morgan fingerprint density at radius 1 is 1.58 bits per heavy atom. The van der Waals surface area contributed by atoms with Crippen LogP contribution in [0.1, 0.15) is 5.69 Å². The maximum absolute atomic E-state index is 11.2. The van der Waals surface area contributed by atoms with Crippen LogP contribution in [0.2, 0.25) is 0 Å². The van der Waals surface area contributed by atoms with E-state index in [1.165, 1.54) is 4.52 Å². The molecule has 0 saturated heterocycles. The third kappa shape index (κ3) is 0.964. The number of hydrogen-bond acceptors (Lipinski definition) is 3. The molecule has 2 aromatic heterocycles. The Hall–Kier alpha value is -1.43. The minimum Gasteiger partial charge on any atom is -0.317 e. The summed E-state index contributed by atoms with van der Waals surface area (Å²) in [6.45, 7) is 1.81. The average molecular weight is 182 g/mol. The number of nitrogens with zero attached hydrogens (tertiary/aromatic N) is 2. The largest absolute Gasteiger partial charge is 0.350 e. The number of aromatic nitrogens is 4. The molecule has 0 aromatic carbocycles. The molecule has 0 fully saturated rings. The first kappa shape index (κ1) is 7.23. The van der Waals surface area contributed by atoms with E-state index in [4.69, 9.17) is 12.2 Å². The third-order valence-corrected chi connectivity index (χ3v) is 1.69. The lowest BCUT2D eigenvalue weighted by Gasteiger charge is -1.89. The van der Waals surface area contributed by atoms with Gasteiger partial charge in [0.05, 0.1) is 5.69 Å². The lowest BCUT2D eigenvalue weighted by Crippen LogP contribution is -2.18. The van der Waals surface area contributed by atoms with E-state index in [1.807, 2.05) is 6.92 Å². The molecule has 6 heteroatoms. The molecule has 2 heterocycles. The molecule has 2 aromatic rings. The molecule has 2 rings (SSSR count). The van der Waals surface area contributed by atoms with Crippen LogP contribution in [0.5, 0.6) is 0 Å². The van der Waals surface area contributed by atoms with Gasteiger partial charge in [-0.2, -0.15) is 9.61 Å². The van der Waals surface area contributed by atoms with Gasteiger partial charge >= 0.3 is 5.69 Å². The van der Waals surface area contributed by atoms with E-state index in [-0.39, 0.29) is 5.69 Å². The molecule has 0 unspecified atom stereocenters. The van der Waals surface area contributed by atoms with Gasteiger partial charge in [-0.25, -0.2) is 4.79 Å². The number of aryl methyl sites for hydroxylation is 1. The molecule has 0 saturated carbocycles. The van der Waals surface area contributed by atoms with Crippen LogP contribution >= 0.6 is 12.2 Å². The van der Waals surface area contributed by atoms with Gasteiger partial charge in [0.1, 0.15) is 5.65 Å². The predicted molar refractivity (Wildman–Crippen MR) is 45.7 cm³/mol. The number of fused-ring (bicyclic) bond motifs is 1. The van der Waals surface area contributed by atoms with Crippen LogP contribution in [0.3, 0.4) is 0 Å². The Morgan fingerprint density at radius 3 is 3.08 bits per heavy atom. The Kier molecular flexibility index (Phi) is 1.37. The molecular weight excluding hydrogens is 176 g/mol. The van der Waals surface area contributed by atoms with E-state index >= 15 is 0 Å². The molecule has 0 atom stereocenters. The van der Waals surface area contributed by atoms with Gasteiger partial charge in [0.2, 0.25) is 0 Å². The summed E-state index contributed by atoms with van der Waals surface area (Å²) in [7, 11) is 0. The molecule has 0 aliphatic rings. The molecule has 0 spiro atoms. The van der Waals surface area contributed by atoms with Crippen molar-refractivity contribution in [3.63, 3.8) is 0 Å². The topological polar surface area (TPSA) is 66.0 Å². The number of nitrogens with one attached hydrogen (secondary N) is 2. The van der Waals surface area contributed by atoms with Crippen molar-refractivity contribution < 1.29 is 0 Å². The number of hydrogen-bond donors (Lipinski definition) is 2. The summed E-state index contributed by atoms with van der Waals surface area (Å²) >= 11 is 4.78. The Morgan fingerprint density at radius 2 is 2.33 bits per heavy atom. The van der Waals surface area contributed by atoms with Gasteiger partial charge in [0, 0.05) is 6.07 Å². The van der Waals surface area contributed by atoms with Gasteiger partial charge in [-0.15, -0.1) is 0 Å². The molecule has 2 N–H and O–H groups in total. The Labute approximate surface area is 72.1 Å².